The summed E-state index contributed by atoms with van der Waals surface area (Å²) in [6.07, 6.45) is 3.54. The van der Waals surface area contributed by atoms with Crippen molar-refractivity contribution in [2.45, 2.75) is 25.4 Å². The van der Waals surface area contributed by atoms with Crippen molar-refractivity contribution in [1.29, 1.82) is 0 Å². The number of rotatable bonds is 3. The first-order valence-electron chi connectivity index (χ1n) is 5.88. The van der Waals surface area contributed by atoms with Crippen LogP contribution in [0, 0.1) is 0 Å². The molecule has 2 rings (SSSR count). The van der Waals surface area contributed by atoms with Crippen molar-refractivity contribution in [2.24, 2.45) is 0 Å². The van der Waals surface area contributed by atoms with E-state index in [-0.39, 0.29) is 12.0 Å². The number of hydrogen-bond donors (Lipinski definition) is 1. The molecule has 2 N–H and O–H groups in total. The SMILES string of the molecule is CN(CC1CCCCO1)C(=O)c1sccc1N. The van der Waals surface area contributed by atoms with Crippen LogP contribution in [0.4, 0.5) is 5.69 Å². The van der Waals surface area contributed by atoms with Gasteiger partial charge in [-0.1, -0.05) is 0 Å². The van der Waals surface area contributed by atoms with Gasteiger partial charge in [0, 0.05) is 20.2 Å². The molecule has 0 radical (unpaired) electrons. The Morgan fingerprint density at radius 1 is 1.65 bits per heavy atom. The van der Waals surface area contributed by atoms with Crippen molar-refractivity contribution < 1.29 is 9.53 Å². The molecule has 4 nitrogen and oxygen atoms in total. The Balaban J connectivity index is 1.93. The molecule has 1 unspecified atom stereocenters. The van der Waals surface area contributed by atoms with Crippen LogP contribution in [0.3, 0.4) is 0 Å². The molecule has 5 heteroatoms. The molecule has 1 saturated heterocycles. The maximum atomic E-state index is 12.1. The third-order valence-electron chi connectivity index (χ3n) is 2.99. The van der Waals surface area contributed by atoms with Gasteiger partial charge in [-0.25, -0.2) is 0 Å². The fourth-order valence-corrected chi connectivity index (χ4v) is 2.82. The van der Waals surface area contributed by atoms with E-state index >= 15 is 0 Å². The summed E-state index contributed by atoms with van der Waals surface area (Å²) >= 11 is 1.39. The number of nitrogen functional groups attached to an aromatic ring is 1. The number of nitrogens with two attached hydrogens (primary N) is 1. The maximum Gasteiger partial charge on any atom is 0.265 e. The number of carbonyl (C=O) groups is 1. The van der Waals surface area contributed by atoms with E-state index in [2.05, 4.69) is 0 Å². The molecule has 2 heterocycles. The summed E-state index contributed by atoms with van der Waals surface area (Å²) in [5.74, 6) is -0.00771. The van der Waals surface area contributed by atoms with Crippen molar-refractivity contribution in [3.8, 4) is 0 Å². The Bertz CT molecular complexity index is 386. The number of thiophene rings is 1. The average Bonchev–Trinajstić information content (AvgIpc) is 2.76. The molecule has 0 bridgehead atoms. The zero-order valence-corrected chi connectivity index (χ0v) is 10.8. The summed E-state index contributed by atoms with van der Waals surface area (Å²) in [6, 6.07) is 1.77. The summed E-state index contributed by atoms with van der Waals surface area (Å²) in [4.78, 5) is 14.4. The number of hydrogen-bond acceptors (Lipinski definition) is 4. The van der Waals surface area contributed by atoms with Crippen molar-refractivity contribution in [3.63, 3.8) is 0 Å². The third-order valence-corrected chi connectivity index (χ3v) is 3.91. The van der Waals surface area contributed by atoms with Gasteiger partial charge < -0.3 is 15.4 Å². The average molecular weight is 254 g/mol. The smallest absolute Gasteiger partial charge is 0.265 e. The topological polar surface area (TPSA) is 55.6 Å². The third kappa shape index (κ3) is 2.98. The van der Waals surface area contributed by atoms with Gasteiger partial charge in [0.25, 0.3) is 5.91 Å². The van der Waals surface area contributed by atoms with Gasteiger partial charge in [0.05, 0.1) is 11.8 Å². The Morgan fingerprint density at radius 3 is 3.06 bits per heavy atom. The first-order valence-corrected chi connectivity index (χ1v) is 6.76. The number of likely N-dealkylation sites (N-methyl/N-ethyl adjacent to an activating group) is 1. The lowest BCUT2D eigenvalue weighted by atomic mass is 10.1. The lowest BCUT2D eigenvalue weighted by Gasteiger charge is -2.27. The van der Waals surface area contributed by atoms with E-state index < -0.39 is 0 Å². The number of carbonyl (C=O) groups excluding carboxylic acids is 1. The second-order valence-corrected chi connectivity index (χ2v) is 5.30. The Labute approximate surface area is 105 Å². The highest BCUT2D eigenvalue weighted by Crippen LogP contribution is 2.21. The van der Waals surface area contributed by atoms with E-state index in [0.717, 1.165) is 19.4 Å². The number of amides is 1. The first kappa shape index (κ1) is 12.4. The molecule has 1 aliphatic rings. The highest BCUT2D eigenvalue weighted by molar-refractivity contribution is 7.12. The monoisotopic (exact) mass is 254 g/mol. The van der Waals surface area contributed by atoms with Gasteiger partial charge in [0.1, 0.15) is 4.88 Å². The molecule has 1 atom stereocenters. The lowest BCUT2D eigenvalue weighted by molar-refractivity contribution is -0.0000844. The van der Waals surface area contributed by atoms with E-state index in [0.29, 0.717) is 17.1 Å². The van der Waals surface area contributed by atoms with Crippen LogP contribution in [0.15, 0.2) is 11.4 Å². The molecule has 0 aliphatic carbocycles. The molecule has 0 aromatic carbocycles. The molecule has 1 aromatic rings. The van der Waals surface area contributed by atoms with Crippen molar-refractivity contribution in [1.82, 2.24) is 4.90 Å². The Kier molecular flexibility index (Phi) is 4.02. The maximum absolute atomic E-state index is 12.1. The fourth-order valence-electron chi connectivity index (χ4n) is 2.01. The van der Waals surface area contributed by atoms with E-state index in [4.69, 9.17) is 10.5 Å². The van der Waals surface area contributed by atoms with Crippen LogP contribution in [0.5, 0.6) is 0 Å². The minimum absolute atomic E-state index is 0.00771. The number of anilines is 1. The zero-order valence-electron chi connectivity index (χ0n) is 10.0. The van der Waals surface area contributed by atoms with E-state index in [1.807, 2.05) is 5.38 Å². The van der Waals surface area contributed by atoms with E-state index in [1.165, 1.54) is 17.8 Å². The van der Waals surface area contributed by atoms with Crippen LogP contribution in [-0.2, 0) is 4.74 Å². The van der Waals surface area contributed by atoms with Crippen LogP contribution in [0.2, 0.25) is 0 Å². The molecule has 1 aromatic heterocycles. The van der Waals surface area contributed by atoms with E-state index in [9.17, 15) is 4.79 Å². The van der Waals surface area contributed by atoms with E-state index in [1.54, 1.807) is 18.0 Å². The fraction of sp³-hybridized carbons (Fsp3) is 0.583. The van der Waals surface area contributed by atoms with Crippen LogP contribution in [0.25, 0.3) is 0 Å². The number of nitrogens with zero attached hydrogens (tertiary/aromatic N) is 1. The summed E-state index contributed by atoms with van der Waals surface area (Å²) in [7, 11) is 1.81. The standard InChI is InChI=1S/C12H18N2O2S/c1-14(8-9-4-2-3-6-16-9)12(15)11-10(13)5-7-17-11/h5,7,9H,2-4,6,8,13H2,1H3. The van der Waals surface area contributed by atoms with Gasteiger partial charge in [0.2, 0.25) is 0 Å². The molecule has 94 valence electrons. The van der Waals surface area contributed by atoms with Crippen molar-refractivity contribution in [3.05, 3.63) is 16.3 Å². The predicted molar refractivity (Wildman–Crippen MR) is 69.3 cm³/mol. The lowest BCUT2D eigenvalue weighted by Crippen LogP contribution is -2.37. The summed E-state index contributed by atoms with van der Waals surface area (Å²) in [6.45, 7) is 1.46. The minimum Gasteiger partial charge on any atom is -0.397 e. The van der Waals surface area contributed by atoms with Crippen molar-refractivity contribution in [2.75, 3.05) is 25.9 Å². The van der Waals surface area contributed by atoms with Gasteiger partial charge in [-0.15, -0.1) is 11.3 Å². The molecule has 0 spiro atoms. The zero-order chi connectivity index (χ0) is 12.3. The van der Waals surface area contributed by atoms with Gasteiger partial charge in [-0.2, -0.15) is 0 Å². The second-order valence-electron chi connectivity index (χ2n) is 4.38. The molecule has 1 amide bonds. The summed E-state index contributed by atoms with van der Waals surface area (Å²) < 4.78 is 5.62. The minimum atomic E-state index is -0.00771. The van der Waals surface area contributed by atoms with Gasteiger partial charge in [0.15, 0.2) is 0 Å². The molecule has 0 saturated carbocycles. The second kappa shape index (κ2) is 5.51. The van der Waals surface area contributed by atoms with Gasteiger partial charge in [-0.05, 0) is 30.7 Å². The Morgan fingerprint density at radius 2 is 2.47 bits per heavy atom. The Hall–Kier alpha value is -1.07. The highest BCUT2D eigenvalue weighted by atomic mass is 32.1. The molecular weight excluding hydrogens is 236 g/mol. The predicted octanol–water partition coefficient (Wildman–Crippen LogP) is 1.97. The highest BCUT2D eigenvalue weighted by Gasteiger charge is 2.21. The van der Waals surface area contributed by atoms with Crippen LogP contribution in [-0.4, -0.2) is 37.1 Å². The van der Waals surface area contributed by atoms with Crippen LogP contribution >= 0.6 is 11.3 Å². The summed E-state index contributed by atoms with van der Waals surface area (Å²) in [5, 5.41) is 1.84. The molecular formula is C12H18N2O2S. The van der Waals surface area contributed by atoms with Gasteiger partial charge in [-0.3, -0.25) is 4.79 Å². The quantitative estimate of drug-likeness (QED) is 0.897. The van der Waals surface area contributed by atoms with Crippen LogP contribution < -0.4 is 5.73 Å². The molecule has 1 aliphatic heterocycles. The normalized spacial score (nSPS) is 20.2. The summed E-state index contributed by atoms with van der Waals surface area (Å²) in [5.41, 5.74) is 6.31. The number of ether oxygens (including phenoxy) is 1. The first-order chi connectivity index (χ1) is 8.18. The molecule has 1 fully saturated rings. The van der Waals surface area contributed by atoms with Gasteiger partial charge >= 0.3 is 0 Å². The van der Waals surface area contributed by atoms with Crippen LogP contribution in [0.1, 0.15) is 28.9 Å². The largest absolute Gasteiger partial charge is 0.397 e. The van der Waals surface area contributed by atoms with Crippen molar-refractivity contribution >= 4 is 22.9 Å². The molecule has 17 heavy (non-hydrogen) atoms.